The number of hydrogen-bond acceptors (Lipinski definition) is 2. The van der Waals surface area contributed by atoms with Gasteiger partial charge in [0.05, 0.1) is 0 Å². The van der Waals surface area contributed by atoms with E-state index in [1.807, 2.05) is 42.6 Å². The minimum atomic E-state index is 0.535. The number of benzene rings is 3. The number of rotatable bonds is 6. The molecule has 1 atom stereocenters. The molecule has 120 valence electrons. The van der Waals surface area contributed by atoms with Crippen molar-refractivity contribution < 1.29 is 4.74 Å². The summed E-state index contributed by atoms with van der Waals surface area (Å²) in [6.07, 6.45) is 1.91. The molecular formula is C21H20NOP. The van der Waals surface area contributed by atoms with E-state index in [0.717, 1.165) is 11.3 Å². The van der Waals surface area contributed by atoms with Crippen molar-refractivity contribution in [1.29, 1.82) is 0 Å². The third-order valence-electron chi connectivity index (χ3n) is 3.62. The van der Waals surface area contributed by atoms with Gasteiger partial charge in [-0.3, -0.25) is 4.99 Å². The Morgan fingerprint density at radius 1 is 0.833 bits per heavy atom. The first-order valence-electron chi connectivity index (χ1n) is 7.91. The van der Waals surface area contributed by atoms with Gasteiger partial charge in [-0.25, -0.2) is 0 Å². The lowest BCUT2D eigenvalue weighted by Crippen LogP contribution is -2.11. The monoisotopic (exact) mass is 333 g/mol. The minimum absolute atomic E-state index is 0.535. The molecule has 0 fully saturated rings. The number of aliphatic imine (C=N–C) groups is 1. The normalized spacial score (nSPS) is 11.4. The fourth-order valence-corrected chi connectivity index (χ4v) is 3.66. The standard InChI is InChI=1S/C21H20NOP/c1-22-15-18-11-5-7-13-20(18)24-21-14-8-6-12-19(21)23-16-17-9-3-2-4-10-17/h2-15,24H,16H2,1H3/b22-15+. The molecule has 3 aromatic rings. The van der Waals surface area contributed by atoms with E-state index in [0.29, 0.717) is 15.2 Å². The third kappa shape index (κ3) is 4.31. The number of para-hydroxylation sites is 1. The van der Waals surface area contributed by atoms with Gasteiger partial charge in [-0.05, 0) is 22.5 Å². The van der Waals surface area contributed by atoms with Crippen LogP contribution in [0.1, 0.15) is 11.1 Å². The summed E-state index contributed by atoms with van der Waals surface area (Å²) in [5.74, 6) is 0.947. The van der Waals surface area contributed by atoms with Crippen LogP contribution in [0.4, 0.5) is 0 Å². The molecule has 3 heteroatoms. The first kappa shape index (κ1) is 16.4. The molecule has 0 aliphatic carbocycles. The summed E-state index contributed by atoms with van der Waals surface area (Å²) >= 11 is 0. The summed E-state index contributed by atoms with van der Waals surface area (Å²) < 4.78 is 6.07. The van der Waals surface area contributed by atoms with Crippen LogP contribution in [0, 0.1) is 0 Å². The summed E-state index contributed by atoms with van der Waals surface area (Å²) in [4.78, 5) is 4.15. The van der Waals surface area contributed by atoms with E-state index in [1.54, 1.807) is 7.05 Å². The van der Waals surface area contributed by atoms with E-state index in [2.05, 4.69) is 47.5 Å². The Morgan fingerprint density at radius 2 is 1.50 bits per heavy atom. The summed E-state index contributed by atoms with van der Waals surface area (Å²) in [5, 5.41) is 2.49. The molecule has 0 saturated carbocycles. The van der Waals surface area contributed by atoms with Crippen LogP contribution in [0.2, 0.25) is 0 Å². The predicted octanol–water partition coefficient (Wildman–Crippen LogP) is 3.94. The smallest absolute Gasteiger partial charge is 0.127 e. The van der Waals surface area contributed by atoms with Gasteiger partial charge in [0, 0.05) is 18.6 Å². The highest BCUT2D eigenvalue weighted by Crippen LogP contribution is 2.21. The van der Waals surface area contributed by atoms with E-state index in [4.69, 9.17) is 4.74 Å². The highest BCUT2D eigenvalue weighted by atomic mass is 31.1. The van der Waals surface area contributed by atoms with Crippen molar-refractivity contribution >= 4 is 25.4 Å². The van der Waals surface area contributed by atoms with E-state index >= 15 is 0 Å². The molecule has 2 nitrogen and oxygen atoms in total. The lowest BCUT2D eigenvalue weighted by atomic mass is 10.2. The molecule has 3 rings (SSSR count). The van der Waals surface area contributed by atoms with Gasteiger partial charge in [-0.1, -0.05) is 81.4 Å². The van der Waals surface area contributed by atoms with Crippen molar-refractivity contribution in [2.24, 2.45) is 4.99 Å². The van der Waals surface area contributed by atoms with Crippen molar-refractivity contribution in [3.8, 4) is 5.75 Å². The Hall–Kier alpha value is -2.44. The molecule has 0 amide bonds. The van der Waals surface area contributed by atoms with Gasteiger partial charge in [0.1, 0.15) is 12.4 Å². The van der Waals surface area contributed by atoms with Crippen molar-refractivity contribution in [2.45, 2.75) is 6.61 Å². The highest BCUT2D eigenvalue weighted by Gasteiger charge is 2.07. The molecule has 1 unspecified atom stereocenters. The van der Waals surface area contributed by atoms with Crippen LogP contribution >= 0.6 is 8.58 Å². The van der Waals surface area contributed by atoms with Gasteiger partial charge < -0.3 is 4.74 Å². The zero-order valence-electron chi connectivity index (χ0n) is 13.6. The molecule has 0 aliphatic rings. The molecule has 0 heterocycles. The summed E-state index contributed by atoms with van der Waals surface area (Å²) in [6.45, 7) is 0.584. The lowest BCUT2D eigenvalue weighted by Gasteiger charge is -2.13. The average molecular weight is 333 g/mol. The fourth-order valence-electron chi connectivity index (χ4n) is 2.44. The van der Waals surface area contributed by atoms with E-state index in [1.165, 1.54) is 16.2 Å². The third-order valence-corrected chi connectivity index (χ3v) is 5.03. The van der Waals surface area contributed by atoms with Gasteiger partial charge in [0.2, 0.25) is 0 Å². The molecule has 0 radical (unpaired) electrons. The largest absolute Gasteiger partial charge is 0.488 e. The Bertz CT molecular complexity index is 815. The van der Waals surface area contributed by atoms with Gasteiger partial charge in [0.15, 0.2) is 0 Å². The van der Waals surface area contributed by atoms with Gasteiger partial charge in [-0.2, -0.15) is 0 Å². The topological polar surface area (TPSA) is 21.6 Å². The molecule has 0 saturated heterocycles. The Kier molecular flexibility index (Phi) is 5.76. The van der Waals surface area contributed by atoms with Crippen LogP contribution in [0.3, 0.4) is 0 Å². The maximum atomic E-state index is 6.07. The van der Waals surface area contributed by atoms with Gasteiger partial charge in [0.25, 0.3) is 0 Å². The van der Waals surface area contributed by atoms with Crippen LogP contribution in [-0.4, -0.2) is 13.3 Å². The molecular weight excluding hydrogens is 313 g/mol. The zero-order chi connectivity index (χ0) is 16.6. The van der Waals surface area contributed by atoms with Crippen LogP contribution in [-0.2, 0) is 6.61 Å². The van der Waals surface area contributed by atoms with E-state index in [-0.39, 0.29) is 0 Å². The Morgan fingerprint density at radius 3 is 2.29 bits per heavy atom. The van der Waals surface area contributed by atoms with Crippen molar-refractivity contribution in [3.63, 3.8) is 0 Å². The maximum Gasteiger partial charge on any atom is 0.127 e. The molecule has 0 bridgehead atoms. The second-order valence-corrected chi connectivity index (χ2v) is 6.70. The molecule has 3 aromatic carbocycles. The first-order chi connectivity index (χ1) is 11.9. The van der Waals surface area contributed by atoms with Crippen molar-refractivity contribution in [3.05, 3.63) is 90.0 Å². The Balaban J connectivity index is 1.80. The molecule has 0 aromatic heterocycles. The van der Waals surface area contributed by atoms with Gasteiger partial charge >= 0.3 is 0 Å². The lowest BCUT2D eigenvalue weighted by molar-refractivity contribution is 0.309. The first-order valence-corrected chi connectivity index (χ1v) is 8.91. The number of ether oxygens (including phenoxy) is 1. The van der Waals surface area contributed by atoms with Crippen LogP contribution in [0.25, 0.3) is 0 Å². The van der Waals surface area contributed by atoms with Crippen molar-refractivity contribution in [2.75, 3.05) is 7.05 Å². The fraction of sp³-hybridized carbons (Fsp3) is 0.0952. The minimum Gasteiger partial charge on any atom is -0.488 e. The molecule has 0 spiro atoms. The Labute approximate surface area is 145 Å². The molecule has 24 heavy (non-hydrogen) atoms. The molecule has 0 N–H and O–H groups in total. The number of nitrogens with zero attached hydrogens (tertiary/aromatic N) is 1. The summed E-state index contributed by atoms with van der Waals surface area (Å²) in [5.41, 5.74) is 2.34. The van der Waals surface area contributed by atoms with Crippen molar-refractivity contribution in [1.82, 2.24) is 0 Å². The summed E-state index contributed by atoms with van der Waals surface area (Å²) in [7, 11) is 2.34. The average Bonchev–Trinajstić information content (AvgIpc) is 2.64. The van der Waals surface area contributed by atoms with Gasteiger partial charge in [-0.15, -0.1) is 0 Å². The summed E-state index contributed by atoms with van der Waals surface area (Å²) in [6, 6.07) is 26.9. The maximum absolute atomic E-state index is 6.07. The van der Waals surface area contributed by atoms with E-state index < -0.39 is 0 Å². The highest BCUT2D eigenvalue weighted by molar-refractivity contribution is 7.56. The zero-order valence-corrected chi connectivity index (χ0v) is 14.6. The van der Waals surface area contributed by atoms with E-state index in [9.17, 15) is 0 Å². The number of hydrogen-bond donors (Lipinski definition) is 0. The molecule has 0 aliphatic heterocycles. The predicted molar refractivity (Wildman–Crippen MR) is 105 cm³/mol. The van der Waals surface area contributed by atoms with Crippen LogP contribution in [0.5, 0.6) is 5.75 Å². The van der Waals surface area contributed by atoms with Crippen LogP contribution in [0.15, 0.2) is 83.9 Å². The van der Waals surface area contributed by atoms with Crippen LogP contribution < -0.4 is 15.3 Å². The quantitative estimate of drug-likeness (QED) is 0.494. The SMILES string of the molecule is C/N=C/c1ccccc1Pc1ccccc1OCc1ccccc1. The second kappa shape index (κ2) is 8.42. The second-order valence-electron chi connectivity index (χ2n) is 5.37.